The average Bonchev–Trinajstić information content (AvgIpc) is 2.51. The molecule has 2 aromatic rings. The van der Waals surface area contributed by atoms with Gasteiger partial charge in [0.2, 0.25) is 0 Å². The number of nitrogens with two attached hydrogens (primary N) is 1. The Hall–Kier alpha value is -2.14. The number of benzene rings is 1. The number of anilines is 2. The van der Waals surface area contributed by atoms with E-state index in [1.165, 1.54) is 19.3 Å². The Kier molecular flexibility index (Phi) is 3.75. The number of nitrogen functional groups attached to an aromatic ring is 1. The van der Waals surface area contributed by atoms with Crippen molar-refractivity contribution in [3.05, 3.63) is 36.4 Å². The molecule has 1 aliphatic carbocycles. The molecule has 1 heterocycles. The van der Waals surface area contributed by atoms with E-state index in [1.54, 1.807) is 0 Å². The van der Waals surface area contributed by atoms with Crippen LogP contribution >= 0.6 is 0 Å². The highest BCUT2D eigenvalue weighted by Crippen LogP contribution is 2.38. The van der Waals surface area contributed by atoms with Crippen LogP contribution in [0.2, 0.25) is 0 Å². The molecule has 0 unspecified atom stereocenters. The highest BCUT2D eigenvalue weighted by atomic mass is 15.3. The molecular weight excluding hydrogens is 262 g/mol. The summed E-state index contributed by atoms with van der Waals surface area (Å²) in [6.45, 7) is 2.22. The summed E-state index contributed by atoms with van der Waals surface area (Å²) in [4.78, 5) is 9.08. The van der Waals surface area contributed by atoms with Gasteiger partial charge in [-0.2, -0.15) is 0 Å². The van der Waals surface area contributed by atoms with E-state index in [9.17, 15) is 0 Å². The standard InChI is InChI=1S/C16H21N5/c1-2-16(9-6-10-16)20-13-11-14(21-17)19-15(18-13)12-7-4-3-5-8-12/h3-5,7-8,11H,2,6,9-10,17H2,1H3,(H2,18,19,20,21). The summed E-state index contributed by atoms with van der Waals surface area (Å²) >= 11 is 0. The van der Waals surface area contributed by atoms with Crippen molar-refractivity contribution in [2.45, 2.75) is 38.1 Å². The fourth-order valence-corrected chi connectivity index (χ4v) is 2.74. The smallest absolute Gasteiger partial charge is 0.163 e. The summed E-state index contributed by atoms with van der Waals surface area (Å²) in [5.41, 5.74) is 3.80. The maximum Gasteiger partial charge on any atom is 0.163 e. The van der Waals surface area contributed by atoms with E-state index in [0.29, 0.717) is 11.6 Å². The predicted octanol–water partition coefficient (Wildman–Crippen LogP) is 3.17. The monoisotopic (exact) mass is 283 g/mol. The molecule has 21 heavy (non-hydrogen) atoms. The van der Waals surface area contributed by atoms with Crippen LogP contribution in [0.3, 0.4) is 0 Å². The Labute approximate surface area is 125 Å². The third-order valence-corrected chi connectivity index (χ3v) is 4.29. The van der Waals surface area contributed by atoms with Gasteiger partial charge in [-0.1, -0.05) is 37.3 Å². The minimum Gasteiger partial charge on any atom is -0.364 e. The summed E-state index contributed by atoms with van der Waals surface area (Å²) in [5.74, 6) is 7.67. The van der Waals surface area contributed by atoms with Gasteiger partial charge in [0.15, 0.2) is 5.82 Å². The van der Waals surface area contributed by atoms with E-state index in [-0.39, 0.29) is 5.54 Å². The van der Waals surface area contributed by atoms with Crippen LogP contribution in [0.1, 0.15) is 32.6 Å². The van der Waals surface area contributed by atoms with Gasteiger partial charge in [0.1, 0.15) is 11.6 Å². The maximum atomic E-state index is 5.54. The lowest BCUT2D eigenvalue weighted by Gasteiger charge is -2.42. The number of hydrazine groups is 1. The second-order valence-electron chi connectivity index (χ2n) is 5.58. The minimum atomic E-state index is 0.189. The van der Waals surface area contributed by atoms with Gasteiger partial charge in [-0.05, 0) is 25.7 Å². The second kappa shape index (κ2) is 5.69. The van der Waals surface area contributed by atoms with Crippen molar-refractivity contribution in [2.24, 2.45) is 5.84 Å². The molecule has 0 aliphatic heterocycles. The Morgan fingerprint density at radius 2 is 1.86 bits per heavy atom. The zero-order valence-electron chi connectivity index (χ0n) is 12.3. The molecule has 3 rings (SSSR count). The molecule has 4 N–H and O–H groups in total. The highest BCUT2D eigenvalue weighted by molar-refractivity contribution is 5.61. The first-order valence-electron chi connectivity index (χ1n) is 7.44. The van der Waals surface area contributed by atoms with Crippen molar-refractivity contribution < 1.29 is 0 Å². The normalized spacial score (nSPS) is 16.1. The van der Waals surface area contributed by atoms with Crippen LogP contribution in [0, 0.1) is 0 Å². The van der Waals surface area contributed by atoms with Crippen LogP contribution in [0.25, 0.3) is 11.4 Å². The molecule has 1 aromatic heterocycles. The van der Waals surface area contributed by atoms with E-state index in [4.69, 9.17) is 5.84 Å². The second-order valence-corrected chi connectivity index (χ2v) is 5.58. The molecule has 1 saturated carbocycles. The zero-order valence-corrected chi connectivity index (χ0v) is 12.3. The van der Waals surface area contributed by atoms with Gasteiger partial charge in [0, 0.05) is 17.2 Å². The maximum absolute atomic E-state index is 5.54. The van der Waals surface area contributed by atoms with Gasteiger partial charge in [0.25, 0.3) is 0 Å². The zero-order chi connectivity index (χ0) is 14.7. The van der Waals surface area contributed by atoms with E-state index in [2.05, 4.69) is 27.6 Å². The average molecular weight is 283 g/mol. The van der Waals surface area contributed by atoms with Gasteiger partial charge in [-0.3, -0.25) is 0 Å². The third kappa shape index (κ3) is 2.83. The van der Waals surface area contributed by atoms with Gasteiger partial charge in [-0.25, -0.2) is 15.8 Å². The summed E-state index contributed by atoms with van der Waals surface area (Å²) in [7, 11) is 0. The quantitative estimate of drug-likeness (QED) is 0.580. The fraction of sp³-hybridized carbons (Fsp3) is 0.375. The van der Waals surface area contributed by atoms with Crippen LogP contribution in [0.15, 0.2) is 36.4 Å². The first-order valence-corrected chi connectivity index (χ1v) is 7.44. The van der Waals surface area contributed by atoms with Crippen molar-refractivity contribution >= 4 is 11.6 Å². The minimum absolute atomic E-state index is 0.189. The Balaban J connectivity index is 1.94. The Morgan fingerprint density at radius 3 is 2.43 bits per heavy atom. The molecule has 0 amide bonds. The fourth-order valence-electron chi connectivity index (χ4n) is 2.74. The van der Waals surface area contributed by atoms with Crippen LogP contribution in [-0.2, 0) is 0 Å². The Bertz CT molecular complexity index is 602. The molecule has 0 saturated heterocycles. The van der Waals surface area contributed by atoms with E-state index in [1.807, 2.05) is 36.4 Å². The number of hydrogen-bond donors (Lipinski definition) is 3. The molecule has 1 aromatic carbocycles. The summed E-state index contributed by atoms with van der Waals surface area (Å²) in [6.07, 6.45) is 4.77. The number of nitrogens with one attached hydrogen (secondary N) is 2. The number of aromatic nitrogens is 2. The molecule has 5 heteroatoms. The van der Waals surface area contributed by atoms with Crippen molar-refractivity contribution in [3.63, 3.8) is 0 Å². The number of nitrogens with zero attached hydrogens (tertiary/aromatic N) is 2. The molecule has 0 radical (unpaired) electrons. The SMILES string of the molecule is CCC1(Nc2cc(NN)nc(-c3ccccc3)n2)CCC1. The third-order valence-electron chi connectivity index (χ3n) is 4.29. The van der Waals surface area contributed by atoms with E-state index in [0.717, 1.165) is 17.8 Å². The van der Waals surface area contributed by atoms with Crippen molar-refractivity contribution in [1.29, 1.82) is 0 Å². The molecule has 1 aliphatic rings. The van der Waals surface area contributed by atoms with Crippen LogP contribution in [0.5, 0.6) is 0 Å². The van der Waals surface area contributed by atoms with Crippen LogP contribution in [0.4, 0.5) is 11.6 Å². The molecule has 1 fully saturated rings. The first-order chi connectivity index (χ1) is 10.2. The molecule has 0 spiro atoms. The lowest BCUT2D eigenvalue weighted by atomic mass is 9.75. The largest absolute Gasteiger partial charge is 0.364 e. The summed E-state index contributed by atoms with van der Waals surface area (Å²) in [6, 6.07) is 11.8. The summed E-state index contributed by atoms with van der Waals surface area (Å²) < 4.78 is 0. The molecule has 0 atom stereocenters. The lowest BCUT2D eigenvalue weighted by molar-refractivity contribution is 0.269. The van der Waals surface area contributed by atoms with Crippen molar-refractivity contribution in [2.75, 3.05) is 10.7 Å². The van der Waals surface area contributed by atoms with Gasteiger partial charge in [0.05, 0.1) is 0 Å². The van der Waals surface area contributed by atoms with Crippen LogP contribution < -0.4 is 16.6 Å². The van der Waals surface area contributed by atoms with Crippen molar-refractivity contribution in [1.82, 2.24) is 9.97 Å². The summed E-state index contributed by atoms with van der Waals surface area (Å²) in [5, 5.41) is 3.58. The van der Waals surface area contributed by atoms with Crippen LogP contribution in [-0.4, -0.2) is 15.5 Å². The molecular formula is C16H21N5. The lowest BCUT2D eigenvalue weighted by Crippen LogP contribution is -2.44. The Morgan fingerprint density at radius 1 is 1.14 bits per heavy atom. The highest BCUT2D eigenvalue weighted by Gasteiger charge is 2.35. The topological polar surface area (TPSA) is 75.9 Å². The number of rotatable bonds is 5. The molecule has 5 nitrogen and oxygen atoms in total. The molecule has 0 bridgehead atoms. The predicted molar refractivity (Wildman–Crippen MR) is 85.8 cm³/mol. The van der Waals surface area contributed by atoms with E-state index < -0.39 is 0 Å². The first kappa shape index (κ1) is 13.8. The molecule has 110 valence electrons. The van der Waals surface area contributed by atoms with Gasteiger partial charge < -0.3 is 10.7 Å². The van der Waals surface area contributed by atoms with Crippen molar-refractivity contribution in [3.8, 4) is 11.4 Å². The van der Waals surface area contributed by atoms with E-state index >= 15 is 0 Å². The van der Waals surface area contributed by atoms with Gasteiger partial charge in [-0.15, -0.1) is 0 Å². The van der Waals surface area contributed by atoms with Gasteiger partial charge >= 0.3 is 0 Å². The number of hydrogen-bond acceptors (Lipinski definition) is 5.